The Kier molecular flexibility index (Phi) is 13.8. The number of hydrogen-bond donors (Lipinski definition) is 1. The predicted octanol–water partition coefficient (Wildman–Crippen LogP) is 5.29. The molecule has 206 valence electrons. The molecule has 0 bridgehead atoms. The molecular weight excluding hydrogens is 624 g/mol. The number of halogens is 4. The van der Waals surface area contributed by atoms with Gasteiger partial charge in [0.15, 0.2) is 11.6 Å². The molecule has 0 spiro atoms. The molecule has 0 atom stereocenters. The van der Waals surface area contributed by atoms with Crippen molar-refractivity contribution in [2.24, 2.45) is 5.73 Å². The van der Waals surface area contributed by atoms with Gasteiger partial charge in [0.05, 0.1) is 13.5 Å². The van der Waals surface area contributed by atoms with Crippen LogP contribution in [0.15, 0.2) is 45.3 Å². The van der Waals surface area contributed by atoms with E-state index < -0.39 is 17.5 Å². The Balaban J connectivity index is 0.000000371. The molecule has 0 saturated heterocycles. The lowest BCUT2D eigenvalue weighted by molar-refractivity contribution is -0.222. The third-order valence-electron chi connectivity index (χ3n) is 5.59. The van der Waals surface area contributed by atoms with Crippen molar-refractivity contribution < 1.29 is 42.1 Å². The maximum atomic E-state index is 13.1. The van der Waals surface area contributed by atoms with Gasteiger partial charge in [0, 0.05) is 67.8 Å². The van der Waals surface area contributed by atoms with Gasteiger partial charge in [0.2, 0.25) is 5.91 Å². The maximum absolute atomic E-state index is 13.1. The monoisotopic (exact) mass is 653 g/mol. The summed E-state index contributed by atoms with van der Waals surface area (Å²) in [4.78, 5) is 22.1. The molecule has 0 unspecified atom stereocenters. The van der Waals surface area contributed by atoms with E-state index in [1.807, 2.05) is 0 Å². The minimum Gasteiger partial charge on any atom is -0.469 e. The summed E-state index contributed by atoms with van der Waals surface area (Å²) in [5.41, 5.74) is 6.35. The summed E-state index contributed by atoms with van der Waals surface area (Å²) < 4.78 is 53.4. The smallest absolute Gasteiger partial charge is 0.305 e. The Labute approximate surface area is 232 Å². The van der Waals surface area contributed by atoms with E-state index in [9.17, 15) is 18.4 Å². The molecule has 0 aliphatic carbocycles. The molecule has 0 radical (unpaired) electrons. The second kappa shape index (κ2) is 15.5. The van der Waals surface area contributed by atoms with Crippen LogP contribution in [0.2, 0.25) is 0 Å². The first-order valence-electron chi connectivity index (χ1n) is 10.9. The van der Waals surface area contributed by atoms with Gasteiger partial charge in [-0.05, 0) is 36.4 Å². The van der Waals surface area contributed by atoms with E-state index in [0.29, 0.717) is 20.1 Å². The molecule has 2 aromatic rings. The second-order valence-electron chi connectivity index (χ2n) is 7.61. The van der Waals surface area contributed by atoms with Crippen LogP contribution in [0.5, 0.6) is 0 Å². The maximum Gasteiger partial charge on any atom is 0.305 e. The zero-order chi connectivity index (χ0) is 28.2. The van der Waals surface area contributed by atoms with Crippen LogP contribution in [-0.4, -0.2) is 47.4 Å². The molecular formula is C25H31Br2F2NO7. The molecule has 0 saturated carbocycles. The molecule has 0 aromatic heterocycles. The van der Waals surface area contributed by atoms with E-state index in [1.165, 1.54) is 59.8 Å². The molecule has 8 nitrogen and oxygen atoms in total. The highest BCUT2D eigenvalue weighted by Crippen LogP contribution is 2.37. The van der Waals surface area contributed by atoms with Crippen molar-refractivity contribution in [3.05, 3.63) is 68.1 Å². The second-order valence-corrected chi connectivity index (χ2v) is 9.32. The van der Waals surface area contributed by atoms with Gasteiger partial charge in [-0.25, -0.2) is 8.78 Å². The fraction of sp³-hybridized carbons (Fsp3) is 0.440. The largest absolute Gasteiger partial charge is 0.469 e. The van der Waals surface area contributed by atoms with E-state index in [-0.39, 0.29) is 43.3 Å². The Morgan fingerprint density at radius 2 is 1.14 bits per heavy atom. The molecule has 2 rings (SSSR count). The van der Waals surface area contributed by atoms with Gasteiger partial charge < -0.3 is 29.4 Å². The average Bonchev–Trinajstić information content (AvgIpc) is 2.87. The minimum absolute atomic E-state index is 0.103. The predicted molar refractivity (Wildman–Crippen MR) is 139 cm³/mol. The molecule has 0 aliphatic heterocycles. The lowest BCUT2D eigenvalue weighted by Gasteiger charge is -2.32. The summed E-state index contributed by atoms with van der Waals surface area (Å²) in [6, 6.07) is 8.35. The van der Waals surface area contributed by atoms with Crippen molar-refractivity contribution in [1.82, 2.24) is 0 Å². The van der Waals surface area contributed by atoms with Gasteiger partial charge in [-0.2, -0.15) is 0 Å². The number of ether oxygens (including phenoxy) is 5. The summed E-state index contributed by atoms with van der Waals surface area (Å²) in [7, 11) is 7.17. The quantitative estimate of drug-likeness (QED) is 0.245. The zero-order valence-electron chi connectivity index (χ0n) is 21.2. The normalized spacial score (nSPS) is 11.5. The number of nitrogens with two attached hydrogens (primary N) is 1. The topological polar surface area (TPSA) is 106 Å². The van der Waals surface area contributed by atoms with E-state index >= 15 is 0 Å². The average molecular weight is 655 g/mol. The zero-order valence-corrected chi connectivity index (χ0v) is 24.4. The Morgan fingerprint density at radius 1 is 0.757 bits per heavy atom. The van der Waals surface area contributed by atoms with E-state index in [4.69, 9.17) is 24.7 Å². The highest BCUT2D eigenvalue weighted by Gasteiger charge is 2.35. The number of carbonyl (C=O) groups is 2. The summed E-state index contributed by atoms with van der Waals surface area (Å²) in [6.45, 7) is 0. The van der Waals surface area contributed by atoms with Crippen LogP contribution in [0.3, 0.4) is 0 Å². The molecule has 1 amide bonds. The standard InChI is InChI=1S/C13H16BrFO4.C12H15BrFNO3/c1-17-12(16)6-7-13(18-2,19-3)10-5-4-9(15)8-11(10)14;1-17-12(18-2,6-5-11(15)16)9-4-3-8(14)7-10(9)13/h4-5,8H,6-7H2,1-3H3;3-4,7H,5-6H2,1-2H3,(H2,15,16). The Morgan fingerprint density at radius 3 is 1.43 bits per heavy atom. The van der Waals surface area contributed by atoms with Crippen molar-refractivity contribution in [2.45, 2.75) is 37.3 Å². The van der Waals surface area contributed by atoms with Crippen LogP contribution in [0.4, 0.5) is 8.78 Å². The number of esters is 1. The van der Waals surface area contributed by atoms with Crippen molar-refractivity contribution in [3.8, 4) is 0 Å². The molecule has 2 aromatic carbocycles. The number of hydrogen-bond acceptors (Lipinski definition) is 7. The lowest BCUT2D eigenvalue weighted by atomic mass is 10.00. The van der Waals surface area contributed by atoms with Crippen molar-refractivity contribution in [2.75, 3.05) is 35.5 Å². The molecule has 0 fully saturated rings. The van der Waals surface area contributed by atoms with E-state index in [2.05, 4.69) is 36.6 Å². The molecule has 0 heterocycles. The Bertz CT molecular complexity index is 1050. The van der Waals surface area contributed by atoms with E-state index in [0.717, 1.165) is 0 Å². The van der Waals surface area contributed by atoms with Crippen LogP contribution in [-0.2, 0) is 44.8 Å². The number of methoxy groups -OCH3 is 5. The van der Waals surface area contributed by atoms with Crippen LogP contribution >= 0.6 is 31.9 Å². The van der Waals surface area contributed by atoms with Gasteiger partial charge in [0.25, 0.3) is 0 Å². The van der Waals surface area contributed by atoms with Gasteiger partial charge in [-0.15, -0.1) is 0 Å². The lowest BCUT2D eigenvalue weighted by Crippen LogP contribution is -2.33. The van der Waals surface area contributed by atoms with E-state index in [1.54, 1.807) is 12.1 Å². The highest BCUT2D eigenvalue weighted by molar-refractivity contribution is 9.10. The van der Waals surface area contributed by atoms with Crippen molar-refractivity contribution in [1.29, 1.82) is 0 Å². The molecule has 12 heteroatoms. The van der Waals surface area contributed by atoms with Gasteiger partial charge in [-0.1, -0.05) is 31.9 Å². The number of benzene rings is 2. The first kappa shape index (κ1) is 33.1. The summed E-state index contributed by atoms with van der Waals surface area (Å²) in [5, 5.41) is 0. The third kappa shape index (κ3) is 9.08. The van der Waals surface area contributed by atoms with Crippen molar-refractivity contribution in [3.63, 3.8) is 0 Å². The fourth-order valence-corrected chi connectivity index (χ4v) is 4.84. The first-order valence-corrected chi connectivity index (χ1v) is 12.5. The van der Waals surface area contributed by atoms with Crippen LogP contribution in [0, 0.1) is 11.6 Å². The van der Waals surface area contributed by atoms with Gasteiger partial charge in [-0.3, -0.25) is 9.59 Å². The van der Waals surface area contributed by atoms with Crippen molar-refractivity contribution >= 4 is 43.7 Å². The highest BCUT2D eigenvalue weighted by atomic mass is 79.9. The summed E-state index contributed by atoms with van der Waals surface area (Å²) in [6.07, 6.45) is 0.740. The van der Waals surface area contributed by atoms with Crippen LogP contribution in [0.1, 0.15) is 36.8 Å². The number of amides is 1. The molecule has 37 heavy (non-hydrogen) atoms. The number of rotatable bonds is 12. The van der Waals surface area contributed by atoms with Gasteiger partial charge in [0.1, 0.15) is 11.6 Å². The Hall–Kier alpha value is -1.96. The SMILES string of the molecule is COC(=O)CCC(OC)(OC)c1ccc(F)cc1Br.COC(CCC(N)=O)(OC)c1ccc(F)cc1Br. The fourth-order valence-electron chi connectivity index (χ4n) is 3.54. The number of primary amides is 1. The minimum atomic E-state index is -1.12. The van der Waals surface area contributed by atoms with Gasteiger partial charge >= 0.3 is 5.97 Å². The third-order valence-corrected chi connectivity index (χ3v) is 6.90. The molecule has 2 N–H and O–H groups in total. The first-order chi connectivity index (χ1) is 17.4. The number of carbonyl (C=O) groups excluding carboxylic acids is 2. The summed E-state index contributed by atoms with van der Waals surface area (Å²) in [5.74, 6) is -3.81. The van der Waals surface area contributed by atoms with Crippen LogP contribution < -0.4 is 5.73 Å². The van der Waals surface area contributed by atoms with Crippen LogP contribution in [0.25, 0.3) is 0 Å². The molecule has 0 aliphatic rings. The summed E-state index contributed by atoms with van der Waals surface area (Å²) >= 11 is 6.53.